The summed E-state index contributed by atoms with van der Waals surface area (Å²) in [4.78, 5) is 35.8. The van der Waals surface area contributed by atoms with E-state index >= 15 is 0 Å². The molecule has 0 bridgehead atoms. The van der Waals surface area contributed by atoms with Crippen molar-refractivity contribution in [3.8, 4) is 0 Å². The van der Waals surface area contributed by atoms with E-state index in [1.165, 1.54) is 6.92 Å². The van der Waals surface area contributed by atoms with Gasteiger partial charge in [-0.05, 0) is 6.92 Å². The molecule has 0 spiro atoms. The maximum atomic E-state index is 9.00. The summed E-state index contributed by atoms with van der Waals surface area (Å²) in [6.45, 7) is 4.69. The van der Waals surface area contributed by atoms with Gasteiger partial charge in [0, 0.05) is 20.8 Å². The molecule has 0 aliphatic heterocycles. The van der Waals surface area contributed by atoms with Gasteiger partial charge in [-0.25, -0.2) is 0 Å². The second-order valence-corrected chi connectivity index (χ2v) is 1.79. The van der Waals surface area contributed by atoms with E-state index in [0.717, 1.165) is 27.1 Å². The molecule has 0 rings (SSSR count). The van der Waals surface area contributed by atoms with Crippen molar-refractivity contribution in [3.05, 3.63) is 0 Å². The van der Waals surface area contributed by atoms with Gasteiger partial charge >= 0.3 is 0 Å². The maximum absolute atomic E-state index is 9.00. The molecule has 0 radical (unpaired) electrons. The highest BCUT2D eigenvalue weighted by Crippen LogP contribution is 1.42. The van der Waals surface area contributed by atoms with Crippen molar-refractivity contribution in [1.82, 2.24) is 0 Å². The predicted molar refractivity (Wildman–Crippen MR) is 51.7 cm³/mol. The normalized spacial score (nSPS) is 5.87. The number of carbonyl (C=O) groups excluding carboxylic acids is 1. The zero-order valence-corrected chi connectivity index (χ0v) is 9.05. The van der Waals surface area contributed by atoms with Crippen molar-refractivity contribution in [2.75, 3.05) is 0 Å². The highest BCUT2D eigenvalue weighted by Gasteiger charge is 1.66. The fraction of sp³-hybridized carbons (Fsp3) is 0.500. The lowest BCUT2D eigenvalue weighted by molar-refractivity contribution is -0.135. The Labute approximate surface area is 87.3 Å². The van der Waals surface area contributed by atoms with Crippen molar-refractivity contribution in [2.24, 2.45) is 0 Å². The molecule has 15 heavy (non-hydrogen) atoms. The minimum absolute atomic E-state index is 0.750. The molecule has 0 amide bonds. The lowest BCUT2D eigenvalue weighted by atomic mass is 10.9. The summed E-state index contributed by atoms with van der Waals surface area (Å²) in [5.74, 6) is -2.50. The van der Waals surface area contributed by atoms with Crippen LogP contribution in [0.15, 0.2) is 0 Å². The molecular weight excluding hydrogens is 208 g/mol. The zero-order chi connectivity index (χ0) is 13.4. The molecule has 0 saturated carbocycles. The smallest absolute Gasteiger partial charge is 0.300 e. The van der Waals surface area contributed by atoms with Gasteiger partial charge in [0.25, 0.3) is 17.9 Å². The highest BCUT2D eigenvalue weighted by atomic mass is 16.4. The van der Waals surface area contributed by atoms with Gasteiger partial charge in [0.2, 0.25) is 0 Å². The van der Waals surface area contributed by atoms with Crippen molar-refractivity contribution in [2.45, 2.75) is 27.7 Å². The SMILES string of the molecule is CC(=O)O.CC(=O)O.CC(=O)O.CC=O. The molecule has 0 saturated heterocycles. The van der Waals surface area contributed by atoms with Crippen molar-refractivity contribution >= 4 is 24.2 Å². The van der Waals surface area contributed by atoms with Crippen LogP contribution in [0.25, 0.3) is 0 Å². The monoisotopic (exact) mass is 224 g/mol. The number of carboxylic acid groups (broad SMARTS) is 3. The Hall–Kier alpha value is -1.92. The molecular formula is C8H16O7. The molecule has 90 valence electrons. The lowest BCUT2D eigenvalue weighted by Crippen LogP contribution is -1.78. The minimum atomic E-state index is -0.833. The quantitative estimate of drug-likeness (QED) is 0.510. The van der Waals surface area contributed by atoms with Crippen molar-refractivity contribution < 1.29 is 34.5 Å². The Bertz CT molecular complexity index is 145. The first-order valence-electron chi connectivity index (χ1n) is 3.60. The van der Waals surface area contributed by atoms with Crippen LogP contribution in [0.1, 0.15) is 27.7 Å². The average molecular weight is 224 g/mol. The van der Waals surface area contributed by atoms with Gasteiger partial charge in [-0.3, -0.25) is 14.4 Å². The summed E-state index contributed by atoms with van der Waals surface area (Å²) in [6.07, 6.45) is 0.750. The van der Waals surface area contributed by atoms with E-state index in [0.29, 0.717) is 0 Å². The van der Waals surface area contributed by atoms with Crippen LogP contribution >= 0.6 is 0 Å². The predicted octanol–water partition coefficient (Wildman–Crippen LogP) is 0.478. The number of aldehydes is 1. The standard InChI is InChI=1S/3C2H4O2.C2H4O/c3*1-2(3)4;1-2-3/h3*1H3,(H,3,4);2H,1H3. The fourth-order valence-corrected chi connectivity index (χ4v) is 0. The van der Waals surface area contributed by atoms with E-state index < -0.39 is 17.9 Å². The van der Waals surface area contributed by atoms with E-state index in [-0.39, 0.29) is 0 Å². The van der Waals surface area contributed by atoms with Gasteiger partial charge in [-0.15, -0.1) is 0 Å². The first-order chi connectivity index (χ1) is 6.61. The number of aliphatic carboxylic acids is 3. The molecule has 0 aromatic carbocycles. The molecule has 7 nitrogen and oxygen atoms in total. The topological polar surface area (TPSA) is 129 Å². The molecule has 0 fully saturated rings. The number of hydrogen-bond acceptors (Lipinski definition) is 4. The van der Waals surface area contributed by atoms with Gasteiger partial charge < -0.3 is 20.1 Å². The third-order valence-electron chi connectivity index (χ3n) is 0. The van der Waals surface area contributed by atoms with E-state index in [4.69, 9.17) is 34.5 Å². The summed E-state index contributed by atoms with van der Waals surface area (Å²) < 4.78 is 0. The van der Waals surface area contributed by atoms with E-state index in [1.807, 2.05) is 0 Å². The summed E-state index contributed by atoms with van der Waals surface area (Å²) in [5.41, 5.74) is 0. The van der Waals surface area contributed by atoms with E-state index in [1.54, 1.807) is 0 Å². The Kier molecular flexibility index (Phi) is 35.1. The van der Waals surface area contributed by atoms with E-state index in [2.05, 4.69) is 0 Å². The molecule has 7 heteroatoms. The van der Waals surface area contributed by atoms with Crippen LogP contribution in [0.5, 0.6) is 0 Å². The van der Waals surface area contributed by atoms with Gasteiger partial charge in [-0.1, -0.05) is 0 Å². The van der Waals surface area contributed by atoms with Crippen molar-refractivity contribution in [3.63, 3.8) is 0 Å². The third-order valence-corrected chi connectivity index (χ3v) is 0. The number of carboxylic acids is 3. The van der Waals surface area contributed by atoms with Crippen LogP contribution < -0.4 is 0 Å². The first-order valence-corrected chi connectivity index (χ1v) is 3.60. The number of rotatable bonds is 0. The number of carbonyl (C=O) groups is 4. The Morgan fingerprint density at radius 3 is 0.800 bits per heavy atom. The molecule has 0 atom stereocenters. The summed E-state index contributed by atoms with van der Waals surface area (Å²) in [6, 6.07) is 0. The third kappa shape index (κ3) is 333. The second-order valence-electron chi connectivity index (χ2n) is 1.79. The zero-order valence-electron chi connectivity index (χ0n) is 9.05. The Balaban J connectivity index is -0.0000000542. The van der Waals surface area contributed by atoms with E-state index in [9.17, 15) is 0 Å². The molecule has 0 aromatic heterocycles. The molecule has 0 unspecified atom stereocenters. The van der Waals surface area contributed by atoms with Gasteiger partial charge in [0.15, 0.2) is 0 Å². The largest absolute Gasteiger partial charge is 0.481 e. The highest BCUT2D eigenvalue weighted by molar-refractivity contribution is 5.63. The minimum Gasteiger partial charge on any atom is -0.481 e. The van der Waals surface area contributed by atoms with Crippen LogP contribution in [-0.4, -0.2) is 39.5 Å². The fourth-order valence-electron chi connectivity index (χ4n) is 0. The maximum Gasteiger partial charge on any atom is 0.300 e. The van der Waals surface area contributed by atoms with Crippen molar-refractivity contribution in [1.29, 1.82) is 0 Å². The first kappa shape index (κ1) is 23.2. The van der Waals surface area contributed by atoms with Crippen LogP contribution in [0.3, 0.4) is 0 Å². The summed E-state index contributed by atoms with van der Waals surface area (Å²) in [7, 11) is 0. The molecule has 0 aromatic rings. The summed E-state index contributed by atoms with van der Waals surface area (Å²) >= 11 is 0. The van der Waals surface area contributed by atoms with Crippen LogP contribution in [0.2, 0.25) is 0 Å². The van der Waals surface area contributed by atoms with Crippen LogP contribution in [-0.2, 0) is 19.2 Å². The second kappa shape index (κ2) is 22.7. The lowest BCUT2D eigenvalue weighted by Gasteiger charge is -1.59. The molecule has 3 N–H and O–H groups in total. The van der Waals surface area contributed by atoms with Gasteiger partial charge in [-0.2, -0.15) is 0 Å². The summed E-state index contributed by atoms with van der Waals surface area (Å²) in [5, 5.41) is 22.2. The Morgan fingerprint density at radius 1 is 0.800 bits per heavy atom. The number of hydrogen-bond donors (Lipinski definition) is 3. The average Bonchev–Trinajstić information content (AvgIpc) is 1.81. The Morgan fingerprint density at radius 2 is 0.800 bits per heavy atom. The van der Waals surface area contributed by atoms with Gasteiger partial charge in [0.05, 0.1) is 0 Å². The molecule has 0 heterocycles. The molecule has 0 aliphatic rings. The molecule has 0 aliphatic carbocycles. The van der Waals surface area contributed by atoms with Crippen LogP contribution in [0.4, 0.5) is 0 Å². The van der Waals surface area contributed by atoms with Crippen LogP contribution in [0, 0.1) is 0 Å². The van der Waals surface area contributed by atoms with Gasteiger partial charge in [0.1, 0.15) is 6.29 Å².